The molecule has 0 amide bonds. The summed E-state index contributed by atoms with van der Waals surface area (Å²) in [6.07, 6.45) is 0.187. The van der Waals surface area contributed by atoms with Crippen molar-refractivity contribution < 1.29 is 4.74 Å². The number of nitrogens with one attached hydrogen (secondary N) is 1. The number of ether oxygens (including phenoxy) is 1. The van der Waals surface area contributed by atoms with Crippen LogP contribution in [0.1, 0.15) is 13.8 Å². The van der Waals surface area contributed by atoms with Crippen molar-refractivity contribution in [1.29, 1.82) is 0 Å². The number of hydrogen-bond donors (Lipinski definition) is 1. The van der Waals surface area contributed by atoms with Crippen LogP contribution >= 0.6 is 0 Å². The Bertz CT molecular complexity index is 235. The maximum atomic E-state index is 5.70. The first-order valence-corrected chi connectivity index (χ1v) is 4.63. The molecule has 1 aromatic carbocycles. The first-order valence-electron chi connectivity index (χ1n) is 4.63. The van der Waals surface area contributed by atoms with E-state index in [0.717, 1.165) is 5.75 Å². The van der Waals surface area contributed by atoms with Gasteiger partial charge < -0.3 is 10.1 Å². The average Bonchev–Trinajstić information content (AvgIpc) is 2.18. The van der Waals surface area contributed by atoms with Crippen LogP contribution in [-0.4, -0.2) is 19.2 Å². The molecule has 0 radical (unpaired) electrons. The summed E-state index contributed by atoms with van der Waals surface area (Å²) < 4.78 is 5.70. The molecule has 0 fully saturated rings. The Kier molecular flexibility index (Phi) is 3.77. The second kappa shape index (κ2) is 4.87. The second-order valence-electron chi connectivity index (χ2n) is 3.21. The molecule has 1 N–H and O–H groups in total. The van der Waals surface area contributed by atoms with E-state index in [4.69, 9.17) is 4.74 Å². The molecule has 0 bridgehead atoms. The van der Waals surface area contributed by atoms with Gasteiger partial charge in [0.15, 0.2) is 0 Å². The van der Waals surface area contributed by atoms with Crippen molar-refractivity contribution in [3.05, 3.63) is 30.3 Å². The van der Waals surface area contributed by atoms with Gasteiger partial charge in [0.25, 0.3) is 0 Å². The van der Waals surface area contributed by atoms with E-state index < -0.39 is 0 Å². The van der Waals surface area contributed by atoms with Crippen molar-refractivity contribution in [3.8, 4) is 5.75 Å². The molecule has 1 aromatic rings. The van der Waals surface area contributed by atoms with Gasteiger partial charge in [-0.25, -0.2) is 0 Å². The second-order valence-corrected chi connectivity index (χ2v) is 3.21. The van der Waals surface area contributed by atoms with E-state index in [1.807, 2.05) is 37.4 Å². The summed E-state index contributed by atoms with van der Waals surface area (Å²) in [6, 6.07) is 10.2. The van der Waals surface area contributed by atoms with Gasteiger partial charge in [-0.15, -0.1) is 0 Å². The Morgan fingerprint density at radius 1 is 1.15 bits per heavy atom. The van der Waals surface area contributed by atoms with Gasteiger partial charge in [-0.05, 0) is 33.0 Å². The van der Waals surface area contributed by atoms with Gasteiger partial charge in [0.2, 0.25) is 0 Å². The first-order chi connectivity index (χ1) is 6.24. The maximum Gasteiger partial charge on any atom is 0.119 e. The van der Waals surface area contributed by atoms with Crippen molar-refractivity contribution in [2.45, 2.75) is 26.0 Å². The van der Waals surface area contributed by atoms with E-state index >= 15 is 0 Å². The molecule has 0 saturated heterocycles. The number of para-hydroxylation sites is 1. The van der Waals surface area contributed by atoms with Gasteiger partial charge in [-0.3, -0.25) is 0 Å². The van der Waals surface area contributed by atoms with Crippen LogP contribution in [-0.2, 0) is 0 Å². The Balaban J connectivity index is 2.50. The lowest BCUT2D eigenvalue weighted by molar-refractivity contribution is 0.182. The molecule has 1 rings (SSSR count). The quantitative estimate of drug-likeness (QED) is 0.764. The number of likely N-dealkylation sites (N-methyl/N-ethyl adjacent to an activating group) is 1. The number of rotatable bonds is 4. The SMILES string of the molecule is CNC(C)C(C)Oc1ccccc1. The Morgan fingerprint density at radius 3 is 2.31 bits per heavy atom. The van der Waals surface area contributed by atoms with Crippen molar-refractivity contribution >= 4 is 0 Å². The van der Waals surface area contributed by atoms with E-state index in [0.29, 0.717) is 6.04 Å². The van der Waals surface area contributed by atoms with Crippen molar-refractivity contribution in [2.75, 3.05) is 7.05 Å². The predicted molar refractivity (Wildman–Crippen MR) is 55.1 cm³/mol. The standard InChI is InChI=1S/C11H17NO/c1-9(12-3)10(2)13-11-7-5-4-6-8-11/h4-10,12H,1-3H3. The van der Waals surface area contributed by atoms with Gasteiger partial charge in [0, 0.05) is 6.04 Å². The summed E-state index contributed by atoms with van der Waals surface area (Å²) in [5, 5.41) is 3.16. The largest absolute Gasteiger partial charge is 0.489 e. The molecule has 0 aliphatic heterocycles. The van der Waals surface area contributed by atoms with Gasteiger partial charge >= 0.3 is 0 Å². The van der Waals surface area contributed by atoms with Crippen LogP contribution in [0.3, 0.4) is 0 Å². The zero-order chi connectivity index (χ0) is 9.68. The molecule has 13 heavy (non-hydrogen) atoms. The highest BCUT2D eigenvalue weighted by molar-refractivity contribution is 5.21. The lowest BCUT2D eigenvalue weighted by Crippen LogP contribution is -2.36. The van der Waals surface area contributed by atoms with Crippen LogP contribution in [0.2, 0.25) is 0 Å². The maximum absolute atomic E-state index is 5.70. The molecule has 0 aliphatic rings. The third-order valence-corrected chi connectivity index (χ3v) is 2.22. The molecule has 2 unspecified atom stereocenters. The molecule has 72 valence electrons. The molecule has 2 nitrogen and oxygen atoms in total. The van der Waals surface area contributed by atoms with Crippen molar-refractivity contribution in [2.24, 2.45) is 0 Å². The normalized spacial score (nSPS) is 15.0. The highest BCUT2D eigenvalue weighted by Gasteiger charge is 2.10. The molecule has 0 aromatic heterocycles. The van der Waals surface area contributed by atoms with E-state index in [1.54, 1.807) is 0 Å². The molecule has 0 aliphatic carbocycles. The molecule has 0 saturated carbocycles. The van der Waals surface area contributed by atoms with Gasteiger partial charge in [-0.2, -0.15) is 0 Å². The highest BCUT2D eigenvalue weighted by Crippen LogP contribution is 2.11. The van der Waals surface area contributed by atoms with Crippen LogP contribution in [0.4, 0.5) is 0 Å². The average molecular weight is 179 g/mol. The summed E-state index contributed by atoms with van der Waals surface area (Å²) in [5.41, 5.74) is 0. The third kappa shape index (κ3) is 3.07. The van der Waals surface area contributed by atoms with Gasteiger partial charge in [0.1, 0.15) is 11.9 Å². The minimum atomic E-state index is 0.187. The minimum absolute atomic E-state index is 0.187. The molecular formula is C11H17NO. The lowest BCUT2D eigenvalue weighted by atomic mass is 10.2. The monoisotopic (exact) mass is 179 g/mol. The fraction of sp³-hybridized carbons (Fsp3) is 0.455. The van der Waals surface area contributed by atoms with Crippen LogP contribution < -0.4 is 10.1 Å². The van der Waals surface area contributed by atoms with E-state index in [9.17, 15) is 0 Å². The highest BCUT2D eigenvalue weighted by atomic mass is 16.5. The first kappa shape index (κ1) is 10.1. The Morgan fingerprint density at radius 2 is 1.77 bits per heavy atom. The topological polar surface area (TPSA) is 21.3 Å². The summed E-state index contributed by atoms with van der Waals surface area (Å²) in [6.45, 7) is 4.17. The van der Waals surface area contributed by atoms with Gasteiger partial charge in [0.05, 0.1) is 0 Å². The Hall–Kier alpha value is -1.02. The van der Waals surface area contributed by atoms with Crippen LogP contribution in [0.15, 0.2) is 30.3 Å². The summed E-state index contributed by atoms with van der Waals surface area (Å²) in [7, 11) is 1.94. The Labute approximate surface area is 79.9 Å². The lowest BCUT2D eigenvalue weighted by Gasteiger charge is -2.20. The molecule has 0 heterocycles. The molecule has 0 spiro atoms. The van der Waals surface area contributed by atoms with Gasteiger partial charge in [-0.1, -0.05) is 18.2 Å². The van der Waals surface area contributed by atoms with E-state index in [2.05, 4.69) is 19.2 Å². The molecular weight excluding hydrogens is 162 g/mol. The zero-order valence-corrected chi connectivity index (χ0v) is 8.45. The summed E-state index contributed by atoms with van der Waals surface area (Å²) in [5.74, 6) is 0.928. The van der Waals surface area contributed by atoms with E-state index in [-0.39, 0.29) is 6.10 Å². The number of hydrogen-bond acceptors (Lipinski definition) is 2. The van der Waals surface area contributed by atoms with Crippen molar-refractivity contribution in [3.63, 3.8) is 0 Å². The third-order valence-electron chi connectivity index (χ3n) is 2.22. The van der Waals surface area contributed by atoms with E-state index in [1.165, 1.54) is 0 Å². The summed E-state index contributed by atoms with van der Waals surface area (Å²) >= 11 is 0. The molecule has 2 atom stereocenters. The zero-order valence-electron chi connectivity index (χ0n) is 8.45. The van der Waals surface area contributed by atoms with Crippen LogP contribution in [0.25, 0.3) is 0 Å². The smallest absolute Gasteiger partial charge is 0.119 e. The molecule has 2 heteroatoms. The number of benzene rings is 1. The van der Waals surface area contributed by atoms with Crippen molar-refractivity contribution in [1.82, 2.24) is 5.32 Å². The fourth-order valence-electron chi connectivity index (χ4n) is 1.05. The fourth-order valence-corrected chi connectivity index (χ4v) is 1.05. The van der Waals surface area contributed by atoms with Crippen LogP contribution in [0.5, 0.6) is 5.75 Å². The minimum Gasteiger partial charge on any atom is -0.489 e. The van der Waals surface area contributed by atoms with Crippen LogP contribution in [0, 0.1) is 0 Å². The summed E-state index contributed by atoms with van der Waals surface area (Å²) in [4.78, 5) is 0. The predicted octanol–water partition coefficient (Wildman–Crippen LogP) is 2.06.